The molecular formula is C16H22ClN5O. The summed E-state index contributed by atoms with van der Waals surface area (Å²) in [5.74, 6) is 0.487. The molecule has 7 heteroatoms. The fraction of sp³-hybridized carbons (Fsp3) is 0.312. The third-order valence-electron chi connectivity index (χ3n) is 3.27. The number of amides is 1. The van der Waals surface area contributed by atoms with E-state index < -0.39 is 0 Å². The predicted octanol–water partition coefficient (Wildman–Crippen LogP) is 1.69. The molecule has 0 aliphatic rings. The highest BCUT2D eigenvalue weighted by Crippen LogP contribution is 2.15. The second-order valence-electron chi connectivity index (χ2n) is 5.02. The Morgan fingerprint density at radius 3 is 2.48 bits per heavy atom. The molecule has 6 nitrogen and oxygen atoms in total. The van der Waals surface area contributed by atoms with Gasteiger partial charge in [-0.05, 0) is 12.1 Å². The molecule has 0 bridgehead atoms. The van der Waals surface area contributed by atoms with Crippen molar-refractivity contribution in [1.29, 1.82) is 0 Å². The largest absolute Gasteiger partial charge is 0.367 e. The summed E-state index contributed by atoms with van der Waals surface area (Å²) in [6.45, 7) is 3.26. The van der Waals surface area contributed by atoms with Crippen LogP contribution in [0.2, 0.25) is 0 Å². The zero-order chi connectivity index (χ0) is 15.8. The van der Waals surface area contributed by atoms with Crippen LogP contribution in [0.15, 0.2) is 42.5 Å². The molecule has 23 heavy (non-hydrogen) atoms. The molecule has 0 aliphatic heterocycles. The lowest BCUT2D eigenvalue weighted by Crippen LogP contribution is -2.35. The zero-order valence-electron chi connectivity index (χ0n) is 13.0. The molecule has 0 spiro atoms. The van der Waals surface area contributed by atoms with Crippen LogP contribution in [0.1, 0.15) is 6.92 Å². The number of halogens is 1. The van der Waals surface area contributed by atoms with Crippen LogP contribution >= 0.6 is 12.4 Å². The van der Waals surface area contributed by atoms with E-state index in [4.69, 9.17) is 5.73 Å². The SMILES string of the molecule is CC(CN)C(=O)NCCNc1ccc(-c2ccccc2)nn1.Cl. The van der Waals surface area contributed by atoms with Gasteiger partial charge in [0.25, 0.3) is 0 Å². The van der Waals surface area contributed by atoms with Crippen molar-refractivity contribution >= 4 is 24.1 Å². The van der Waals surface area contributed by atoms with E-state index in [-0.39, 0.29) is 24.2 Å². The quantitative estimate of drug-likeness (QED) is 0.669. The lowest BCUT2D eigenvalue weighted by Gasteiger charge is -2.10. The van der Waals surface area contributed by atoms with Crippen molar-refractivity contribution in [2.75, 3.05) is 25.0 Å². The van der Waals surface area contributed by atoms with Crippen LogP contribution in [0.3, 0.4) is 0 Å². The molecule has 2 rings (SSSR count). The first-order valence-corrected chi connectivity index (χ1v) is 7.31. The second kappa shape index (κ2) is 9.76. The summed E-state index contributed by atoms with van der Waals surface area (Å²) in [6.07, 6.45) is 0. The van der Waals surface area contributed by atoms with Crippen LogP contribution < -0.4 is 16.4 Å². The molecule has 0 radical (unpaired) electrons. The van der Waals surface area contributed by atoms with Crippen LogP contribution in [0.25, 0.3) is 11.3 Å². The summed E-state index contributed by atoms with van der Waals surface area (Å²) in [5, 5.41) is 14.2. The molecule has 0 saturated carbocycles. The summed E-state index contributed by atoms with van der Waals surface area (Å²) < 4.78 is 0. The van der Waals surface area contributed by atoms with Gasteiger partial charge in [-0.3, -0.25) is 4.79 Å². The summed E-state index contributed by atoms with van der Waals surface area (Å²) >= 11 is 0. The normalized spacial score (nSPS) is 11.2. The van der Waals surface area contributed by atoms with Crippen LogP contribution in [0.4, 0.5) is 5.82 Å². The van der Waals surface area contributed by atoms with E-state index >= 15 is 0 Å². The van der Waals surface area contributed by atoms with Gasteiger partial charge in [0.2, 0.25) is 5.91 Å². The molecule has 124 valence electrons. The monoisotopic (exact) mass is 335 g/mol. The summed E-state index contributed by atoms with van der Waals surface area (Å²) in [7, 11) is 0. The van der Waals surface area contributed by atoms with Gasteiger partial charge in [-0.15, -0.1) is 22.6 Å². The number of nitrogens with zero attached hydrogens (tertiary/aromatic N) is 2. The zero-order valence-corrected chi connectivity index (χ0v) is 13.8. The van der Waals surface area contributed by atoms with E-state index in [2.05, 4.69) is 20.8 Å². The van der Waals surface area contributed by atoms with Gasteiger partial charge in [-0.1, -0.05) is 37.3 Å². The van der Waals surface area contributed by atoms with Gasteiger partial charge in [0.15, 0.2) is 0 Å². The Balaban J connectivity index is 0.00000264. The van der Waals surface area contributed by atoms with E-state index in [9.17, 15) is 4.79 Å². The van der Waals surface area contributed by atoms with Crippen LogP contribution in [0.5, 0.6) is 0 Å². The Kier molecular flexibility index (Phi) is 8.01. The molecule has 0 aliphatic carbocycles. The number of rotatable bonds is 7. The number of carbonyl (C=O) groups is 1. The molecule has 2 aromatic rings. The fourth-order valence-electron chi connectivity index (χ4n) is 1.85. The molecule has 0 fully saturated rings. The molecule has 1 aromatic heterocycles. The minimum absolute atomic E-state index is 0. The first-order valence-electron chi connectivity index (χ1n) is 7.31. The Morgan fingerprint density at radius 2 is 1.87 bits per heavy atom. The number of aromatic nitrogens is 2. The van der Waals surface area contributed by atoms with Gasteiger partial charge in [-0.25, -0.2) is 0 Å². The van der Waals surface area contributed by atoms with Crippen molar-refractivity contribution in [2.24, 2.45) is 11.7 Å². The first kappa shape index (κ1) is 18.9. The third-order valence-corrected chi connectivity index (χ3v) is 3.27. The predicted molar refractivity (Wildman–Crippen MR) is 94.4 cm³/mol. The Bertz CT molecular complexity index is 591. The number of nitrogens with one attached hydrogen (secondary N) is 2. The fourth-order valence-corrected chi connectivity index (χ4v) is 1.85. The Labute approximate surface area is 142 Å². The molecule has 4 N–H and O–H groups in total. The van der Waals surface area contributed by atoms with E-state index in [1.54, 1.807) is 6.92 Å². The van der Waals surface area contributed by atoms with Gasteiger partial charge in [0.1, 0.15) is 5.82 Å². The van der Waals surface area contributed by atoms with Crippen LogP contribution in [-0.4, -0.2) is 35.7 Å². The first-order chi connectivity index (χ1) is 10.7. The van der Waals surface area contributed by atoms with E-state index in [0.717, 1.165) is 11.3 Å². The minimum Gasteiger partial charge on any atom is -0.367 e. The summed E-state index contributed by atoms with van der Waals surface area (Å²) in [4.78, 5) is 11.5. The highest BCUT2D eigenvalue weighted by atomic mass is 35.5. The maximum atomic E-state index is 11.5. The number of hydrogen-bond donors (Lipinski definition) is 3. The maximum Gasteiger partial charge on any atom is 0.224 e. The number of benzene rings is 1. The third kappa shape index (κ3) is 5.84. The molecule has 1 heterocycles. The van der Waals surface area contributed by atoms with Crippen molar-refractivity contribution in [3.05, 3.63) is 42.5 Å². The van der Waals surface area contributed by atoms with Crippen molar-refractivity contribution in [1.82, 2.24) is 15.5 Å². The summed E-state index contributed by atoms with van der Waals surface area (Å²) in [5.41, 5.74) is 7.30. The molecule has 1 unspecified atom stereocenters. The van der Waals surface area contributed by atoms with Gasteiger partial charge in [-0.2, -0.15) is 0 Å². The minimum atomic E-state index is -0.162. The standard InChI is InChI=1S/C16H21N5O.ClH/c1-12(11-17)16(22)19-10-9-18-15-8-7-14(20-21-15)13-5-3-2-4-6-13;/h2-8,12H,9-11,17H2,1H3,(H,18,21)(H,19,22);1H. The highest BCUT2D eigenvalue weighted by Gasteiger charge is 2.09. The smallest absolute Gasteiger partial charge is 0.224 e. The van der Waals surface area contributed by atoms with Crippen molar-refractivity contribution in [3.8, 4) is 11.3 Å². The molecule has 0 saturated heterocycles. The maximum absolute atomic E-state index is 11.5. The van der Waals surface area contributed by atoms with Gasteiger partial charge < -0.3 is 16.4 Å². The van der Waals surface area contributed by atoms with Crippen LogP contribution in [0, 0.1) is 5.92 Å². The van der Waals surface area contributed by atoms with Gasteiger partial charge in [0, 0.05) is 31.1 Å². The average molecular weight is 336 g/mol. The molecule has 1 atom stereocenters. The number of carbonyl (C=O) groups excluding carboxylic acids is 1. The topological polar surface area (TPSA) is 92.9 Å². The average Bonchev–Trinajstić information content (AvgIpc) is 2.59. The second-order valence-corrected chi connectivity index (χ2v) is 5.02. The Morgan fingerprint density at radius 1 is 1.13 bits per heavy atom. The molecule has 1 aromatic carbocycles. The number of nitrogens with two attached hydrogens (primary N) is 1. The van der Waals surface area contributed by atoms with Gasteiger partial charge in [0.05, 0.1) is 5.69 Å². The number of hydrogen-bond acceptors (Lipinski definition) is 5. The summed E-state index contributed by atoms with van der Waals surface area (Å²) in [6, 6.07) is 13.7. The van der Waals surface area contributed by atoms with Gasteiger partial charge >= 0.3 is 0 Å². The Hall–Kier alpha value is -2.18. The molecule has 1 amide bonds. The van der Waals surface area contributed by atoms with E-state index in [1.165, 1.54) is 0 Å². The van der Waals surface area contributed by atoms with Crippen molar-refractivity contribution in [3.63, 3.8) is 0 Å². The number of anilines is 1. The van der Waals surface area contributed by atoms with Crippen LogP contribution in [-0.2, 0) is 4.79 Å². The lowest BCUT2D eigenvalue weighted by atomic mass is 10.1. The lowest BCUT2D eigenvalue weighted by molar-refractivity contribution is -0.124. The van der Waals surface area contributed by atoms with E-state index in [1.807, 2.05) is 42.5 Å². The van der Waals surface area contributed by atoms with Crippen molar-refractivity contribution in [2.45, 2.75) is 6.92 Å². The van der Waals surface area contributed by atoms with E-state index in [0.29, 0.717) is 25.5 Å². The highest BCUT2D eigenvalue weighted by molar-refractivity contribution is 5.85. The molecular weight excluding hydrogens is 314 g/mol. The van der Waals surface area contributed by atoms with Crippen molar-refractivity contribution < 1.29 is 4.79 Å².